The molecule has 27 heavy (non-hydrogen) atoms. The number of fused-ring (bicyclic) bond motifs is 3. The number of nitrogens with one attached hydrogen (secondary N) is 1. The van der Waals surface area contributed by atoms with E-state index in [1.165, 1.54) is 11.3 Å². The predicted molar refractivity (Wildman–Crippen MR) is 105 cm³/mol. The summed E-state index contributed by atoms with van der Waals surface area (Å²) in [6.45, 7) is 1.04. The zero-order valence-corrected chi connectivity index (χ0v) is 15.4. The summed E-state index contributed by atoms with van der Waals surface area (Å²) in [7, 11) is 0. The first-order chi connectivity index (χ1) is 13.2. The van der Waals surface area contributed by atoms with Crippen LogP contribution >= 0.6 is 22.9 Å². The Morgan fingerprint density at radius 3 is 2.81 bits per heavy atom. The standard InChI is InChI=1S/C19H12ClN3O3S/c20-11-6-10-2-1-3-21-17(10)12(7-11)18(24)23-19-22-13-8-14-15(9-16(13)27-19)26-5-4-25-14/h1-3,6-9H,4-5H2,(H,22,23,24). The average molecular weight is 398 g/mol. The molecule has 8 heteroatoms. The van der Waals surface area contributed by atoms with E-state index in [9.17, 15) is 4.79 Å². The van der Waals surface area contributed by atoms with E-state index >= 15 is 0 Å². The minimum atomic E-state index is -0.308. The van der Waals surface area contributed by atoms with Crippen LogP contribution in [-0.2, 0) is 0 Å². The van der Waals surface area contributed by atoms with Crippen LogP contribution in [0.15, 0.2) is 42.6 Å². The van der Waals surface area contributed by atoms with Crippen molar-refractivity contribution >= 4 is 55.1 Å². The molecule has 0 unspecified atom stereocenters. The van der Waals surface area contributed by atoms with E-state index in [4.69, 9.17) is 21.1 Å². The number of hydrogen-bond donors (Lipinski definition) is 1. The third kappa shape index (κ3) is 2.94. The van der Waals surface area contributed by atoms with Gasteiger partial charge in [0.05, 0.1) is 21.3 Å². The van der Waals surface area contributed by atoms with Gasteiger partial charge in [-0.1, -0.05) is 29.0 Å². The molecular formula is C19H12ClN3O3S. The van der Waals surface area contributed by atoms with Crippen LogP contribution in [0, 0.1) is 0 Å². The maximum atomic E-state index is 12.8. The number of anilines is 1. The Morgan fingerprint density at radius 1 is 1.15 bits per heavy atom. The van der Waals surface area contributed by atoms with Crippen LogP contribution in [0.5, 0.6) is 11.5 Å². The summed E-state index contributed by atoms with van der Waals surface area (Å²) in [5, 5.41) is 4.62. The van der Waals surface area contributed by atoms with Gasteiger partial charge in [0.25, 0.3) is 5.91 Å². The van der Waals surface area contributed by atoms with E-state index in [0.717, 1.165) is 15.6 Å². The van der Waals surface area contributed by atoms with Crippen LogP contribution in [-0.4, -0.2) is 29.1 Å². The van der Waals surface area contributed by atoms with Gasteiger partial charge in [-0.15, -0.1) is 0 Å². The van der Waals surface area contributed by atoms with E-state index < -0.39 is 0 Å². The van der Waals surface area contributed by atoms with Crippen LogP contribution in [0.2, 0.25) is 5.02 Å². The Morgan fingerprint density at radius 2 is 1.96 bits per heavy atom. The number of rotatable bonds is 2. The molecule has 134 valence electrons. The minimum absolute atomic E-state index is 0.308. The Balaban J connectivity index is 1.51. The highest BCUT2D eigenvalue weighted by Crippen LogP contribution is 2.38. The average Bonchev–Trinajstić information content (AvgIpc) is 3.06. The Hall–Kier alpha value is -2.90. The SMILES string of the molecule is O=C(Nc1nc2cc3c(cc2s1)OCCO3)c1cc(Cl)cc2cccnc12. The highest BCUT2D eigenvalue weighted by Gasteiger charge is 2.18. The maximum absolute atomic E-state index is 12.8. The monoisotopic (exact) mass is 397 g/mol. The second-order valence-electron chi connectivity index (χ2n) is 5.97. The molecule has 5 rings (SSSR count). The molecule has 1 amide bonds. The van der Waals surface area contributed by atoms with Crippen molar-refractivity contribution in [2.75, 3.05) is 18.5 Å². The van der Waals surface area contributed by atoms with E-state index in [1.54, 1.807) is 24.4 Å². The number of carbonyl (C=O) groups excluding carboxylic acids is 1. The maximum Gasteiger partial charge on any atom is 0.259 e. The normalized spacial score (nSPS) is 13.1. The third-order valence-corrected chi connectivity index (χ3v) is 5.34. The highest BCUT2D eigenvalue weighted by atomic mass is 35.5. The second kappa shape index (κ2) is 6.37. The molecule has 3 heterocycles. The zero-order valence-electron chi connectivity index (χ0n) is 13.9. The molecular weight excluding hydrogens is 386 g/mol. The molecule has 0 aliphatic carbocycles. The number of benzene rings is 2. The van der Waals surface area contributed by atoms with Gasteiger partial charge in [-0.05, 0) is 18.2 Å². The summed E-state index contributed by atoms with van der Waals surface area (Å²) in [6.07, 6.45) is 1.65. The van der Waals surface area contributed by atoms with Crippen molar-refractivity contribution in [3.05, 3.63) is 53.2 Å². The van der Waals surface area contributed by atoms with Crippen molar-refractivity contribution < 1.29 is 14.3 Å². The fraction of sp³-hybridized carbons (Fsp3) is 0.105. The molecule has 1 aliphatic heterocycles. The molecule has 0 spiro atoms. The third-order valence-electron chi connectivity index (χ3n) is 4.19. The van der Waals surface area contributed by atoms with E-state index in [2.05, 4.69) is 15.3 Å². The van der Waals surface area contributed by atoms with Gasteiger partial charge < -0.3 is 9.47 Å². The lowest BCUT2D eigenvalue weighted by Crippen LogP contribution is -2.15. The van der Waals surface area contributed by atoms with Gasteiger partial charge in [0.1, 0.15) is 13.2 Å². The zero-order chi connectivity index (χ0) is 18.4. The van der Waals surface area contributed by atoms with Crippen molar-refractivity contribution in [3.63, 3.8) is 0 Å². The molecule has 0 bridgehead atoms. The molecule has 0 saturated heterocycles. The quantitative estimate of drug-likeness (QED) is 0.538. The molecule has 2 aromatic carbocycles. The van der Waals surface area contributed by atoms with Crippen LogP contribution < -0.4 is 14.8 Å². The number of thiazole rings is 1. The number of nitrogens with zero attached hydrogens (tertiary/aromatic N) is 2. The Labute approximate surface area is 162 Å². The van der Waals surface area contributed by atoms with Gasteiger partial charge in [-0.3, -0.25) is 15.1 Å². The van der Waals surface area contributed by atoms with Crippen molar-refractivity contribution in [1.29, 1.82) is 0 Å². The lowest BCUT2D eigenvalue weighted by molar-refractivity contribution is 0.102. The minimum Gasteiger partial charge on any atom is -0.486 e. The summed E-state index contributed by atoms with van der Waals surface area (Å²) in [4.78, 5) is 21.6. The largest absolute Gasteiger partial charge is 0.486 e. The molecule has 0 atom stereocenters. The topological polar surface area (TPSA) is 73.3 Å². The molecule has 1 aliphatic rings. The summed E-state index contributed by atoms with van der Waals surface area (Å²) in [5.74, 6) is 1.06. The van der Waals surface area contributed by atoms with Gasteiger partial charge in [0, 0.05) is 28.7 Å². The van der Waals surface area contributed by atoms with Gasteiger partial charge >= 0.3 is 0 Å². The first kappa shape index (κ1) is 16.3. The fourth-order valence-corrected chi connectivity index (χ4v) is 4.11. The van der Waals surface area contributed by atoms with Crippen LogP contribution in [0.4, 0.5) is 5.13 Å². The van der Waals surface area contributed by atoms with Crippen molar-refractivity contribution in [2.24, 2.45) is 0 Å². The Kier molecular flexibility index (Phi) is 3.84. The van der Waals surface area contributed by atoms with Gasteiger partial charge in [0.15, 0.2) is 16.6 Å². The molecule has 4 aromatic rings. The predicted octanol–water partition coefficient (Wildman–Crippen LogP) is 4.52. The number of ether oxygens (including phenoxy) is 2. The van der Waals surface area contributed by atoms with Crippen molar-refractivity contribution in [3.8, 4) is 11.5 Å². The van der Waals surface area contributed by atoms with Crippen molar-refractivity contribution in [2.45, 2.75) is 0 Å². The lowest BCUT2D eigenvalue weighted by atomic mass is 10.1. The number of amides is 1. The molecule has 1 N–H and O–H groups in total. The van der Waals surface area contributed by atoms with Crippen LogP contribution in [0.3, 0.4) is 0 Å². The molecule has 2 aromatic heterocycles. The van der Waals surface area contributed by atoms with E-state index in [1.807, 2.05) is 18.2 Å². The molecule has 6 nitrogen and oxygen atoms in total. The fourth-order valence-electron chi connectivity index (χ4n) is 3.01. The number of hydrogen-bond acceptors (Lipinski definition) is 6. The number of halogens is 1. The van der Waals surface area contributed by atoms with E-state index in [-0.39, 0.29) is 5.91 Å². The smallest absolute Gasteiger partial charge is 0.259 e. The number of carbonyl (C=O) groups is 1. The Bertz CT molecular complexity index is 1160. The van der Waals surface area contributed by atoms with E-state index in [0.29, 0.717) is 45.9 Å². The first-order valence-corrected chi connectivity index (χ1v) is 9.43. The highest BCUT2D eigenvalue weighted by molar-refractivity contribution is 7.22. The summed E-state index contributed by atoms with van der Waals surface area (Å²) in [6, 6.07) is 10.8. The van der Waals surface area contributed by atoms with Crippen molar-refractivity contribution in [1.82, 2.24) is 9.97 Å². The number of pyridine rings is 1. The summed E-state index contributed by atoms with van der Waals surface area (Å²) < 4.78 is 12.1. The number of aromatic nitrogens is 2. The lowest BCUT2D eigenvalue weighted by Gasteiger charge is -2.17. The van der Waals surface area contributed by atoms with Crippen LogP contribution in [0.1, 0.15) is 10.4 Å². The molecule has 0 saturated carbocycles. The molecule has 0 fully saturated rings. The van der Waals surface area contributed by atoms with Gasteiger partial charge in [0.2, 0.25) is 0 Å². The second-order valence-corrected chi connectivity index (χ2v) is 7.43. The molecule has 0 radical (unpaired) electrons. The summed E-state index contributed by atoms with van der Waals surface area (Å²) in [5.41, 5.74) is 1.75. The van der Waals surface area contributed by atoms with Gasteiger partial charge in [-0.25, -0.2) is 4.98 Å². The van der Waals surface area contributed by atoms with Crippen LogP contribution in [0.25, 0.3) is 21.1 Å². The summed E-state index contributed by atoms with van der Waals surface area (Å²) >= 11 is 7.53. The first-order valence-electron chi connectivity index (χ1n) is 8.23. The van der Waals surface area contributed by atoms with Gasteiger partial charge in [-0.2, -0.15) is 0 Å².